The van der Waals surface area contributed by atoms with Crippen molar-refractivity contribution in [1.82, 2.24) is 0 Å². The normalized spacial score (nSPS) is 12.6. The Morgan fingerprint density at radius 1 is 1.09 bits per heavy atom. The summed E-state index contributed by atoms with van der Waals surface area (Å²) in [5, 5.41) is 10.1. The van der Waals surface area contributed by atoms with Gasteiger partial charge in [0.25, 0.3) is 0 Å². The SMILES string of the molecule is CCOP(=O)(OCC)OCc1ccc(O)c(C(C)(C)CC)c1. The van der Waals surface area contributed by atoms with E-state index in [1.807, 2.05) is 6.07 Å². The molecule has 5 nitrogen and oxygen atoms in total. The minimum Gasteiger partial charge on any atom is -0.508 e. The van der Waals surface area contributed by atoms with Crippen molar-refractivity contribution >= 4 is 7.82 Å². The second-order valence-corrected chi connectivity index (χ2v) is 7.31. The second-order valence-electron chi connectivity index (χ2n) is 5.65. The lowest BCUT2D eigenvalue weighted by Gasteiger charge is -2.25. The van der Waals surface area contributed by atoms with Gasteiger partial charge in [0.15, 0.2) is 0 Å². The molecule has 1 N–H and O–H groups in total. The van der Waals surface area contributed by atoms with Gasteiger partial charge in [-0.25, -0.2) is 4.57 Å². The summed E-state index contributed by atoms with van der Waals surface area (Å²) >= 11 is 0. The molecule has 0 saturated heterocycles. The van der Waals surface area contributed by atoms with Gasteiger partial charge in [-0.3, -0.25) is 13.6 Å². The van der Waals surface area contributed by atoms with Crippen LogP contribution in [0.4, 0.5) is 0 Å². The third-order valence-electron chi connectivity index (χ3n) is 3.64. The van der Waals surface area contributed by atoms with E-state index in [1.54, 1.807) is 26.0 Å². The summed E-state index contributed by atoms with van der Waals surface area (Å²) < 4.78 is 27.8. The molecule has 0 saturated carbocycles. The first-order chi connectivity index (χ1) is 10.3. The molecule has 0 aromatic heterocycles. The van der Waals surface area contributed by atoms with Crippen LogP contribution in [0, 0.1) is 0 Å². The summed E-state index contributed by atoms with van der Waals surface area (Å²) in [5.74, 6) is 0.258. The number of aromatic hydroxyl groups is 1. The van der Waals surface area contributed by atoms with Gasteiger partial charge in [-0.15, -0.1) is 0 Å². The van der Waals surface area contributed by atoms with Gasteiger partial charge in [-0.1, -0.05) is 26.8 Å². The van der Waals surface area contributed by atoms with E-state index in [4.69, 9.17) is 13.6 Å². The third-order valence-corrected chi connectivity index (χ3v) is 5.23. The van der Waals surface area contributed by atoms with Gasteiger partial charge in [-0.2, -0.15) is 0 Å². The Morgan fingerprint density at radius 3 is 2.18 bits per heavy atom. The summed E-state index contributed by atoms with van der Waals surface area (Å²) in [7, 11) is -3.52. The first-order valence-corrected chi connectivity index (χ1v) is 9.10. The highest BCUT2D eigenvalue weighted by Gasteiger charge is 2.26. The first kappa shape index (κ1) is 19.2. The maximum atomic E-state index is 12.3. The lowest BCUT2D eigenvalue weighted by molar-refractivity contribution is 0.116. The van der Waals surface area contributed by atoms with Gasteiger partial charge in [0.05, 0.1) is 19.8 Å². The molecule has 0 radical (unpaired) electrons. The quantitative estimate of drug-likeness (QED) is 0.660. The van der Waals surface area contributed by atoms with Crippen LogP contribution < -0.4 is 0 Å². The molecular weight excluding hydrogens is 303 g/mol. The Kier molecular flexibility index (Phi) is 7.07. The highest BCUT2D eigenvalue weighted by molar-refractivity contribution is 7.48. The Bertz CT molecular complexity index is 517. The van der Waals surface area contributed by atoms with E-state index >= 15 is 0 Å². The molecule has 0 spiro atoms. The van der Waals surface area contributed by atoms with Crippen LogP contribution in [0.25, 0.3) is 0 Å². The molecule has 6 heteroatoms. The molecule has 0 atom stereocenters. The van der Waals surface area contributed by atoms with Crippen LogP contribution in [0.2, 0.25) is 0 Å². The molecule has 1 aromatic carbocycles. The van der Waals surface area contributed by atoms with Crippen molar-refractivity contribution < 1.29 is 23.2 Å². The number of phenolic OH excluding ortho intramolecular Hbond substituents is 1. The van der Waals surface area contributed by atoms with Crippen LogP contribution >= 0.6 is 7.82 Å². The fourth-order valence-electron chi connectivity index (χ4n) is 1.99. The lowest BCUT2D eigenvalue weighted by Crippen LogP contribution is -2.16. The van der Waals surface area contributed by atoms with Crippen molar-refractivity contribution in [3.63, 3.8) is 0 Å². The third kappa shape index (κ3) is 5.10. The molecule has 22 heavy (non-hydrogen) atoms. The second kappa shape index (κ2) is 8.11. The molecule has 0 fully saturated rings. The fourth-order valence-corrected chi connectivity index (χ4v) is 3.15. The molecule has 1 rings (SSSR count). The minimum absolute atomic E-state index is 0.102. The smallest absolute Gasteiger partial charge is 0.475 e. The van der Waals surface area contributed by atoms with Crippen molar-refractivity contribution in [3.05, 3.63) is 29.3 Å². The van der Waals surface area contributed by atoms with E-state index < -0.39 is 7.82 Å². The number of phosphoric ester groups is 1. The van der Waals surface area contributed by atoms with E-state index in [0.717, 1.165) is 17.5 Å². The number of hydrogen-bond acceptors (Lipinski definition) is 5. The average molecular weight is 330 g/mol. The van der Waals surface area contributed by atoms with Crippen LogP contribution in [0.15, 0.2) is 18.2 Å². The summed E-state index contributed by atoms with van der Waals surface area (Å²) in [4.78, 5) is 0. The molecule has 0 unspecified atom stereocenters. The molecule has 0 aliphatic rings. The van der Waals surface area contributed by atoms with Crippen molar-refractivity contribution in [2.75, 3.05) is 13.2 Å². The largest absolute Gasteiger partial charge is 0.508 e. The van der Waals surface area contributed by atoms with Crippen LogP contribution in [-0.4, -0.2) is 18.3 Å². The van der Waals surface area contributed by atoms with Crippen molar-refractivity contribution in [2.45, 2.75) is 53.1 Å². The maximum absolute atomic E-state index is 12.3. The standard InChI is InChI=1S/C16H27O5P/c1-6-16(4,5)14-11-13(9-10-15(14)17)12-21-22(18,19-7-2)20-8-3/h9-11,17H,6-8,12H2,1-5H3. The monoisotopic (exact) mass is 330 g/mol. The maximum Gasteiger partial charge on any atom is 0.475 e. The number of phosphoric acid groups is 1. The lowest BCUT2D eigenvalue weighted by atomic mass is 9.81. The van der Waals surface area contributed by atoms with E-state index in [0.29, 0.717) is 0 Å². The van der Waals surface area contributed by atoms with Gasteiger partial charge in [0.1, 0.15) is 5.75 Å². The Labute approximate surface area is 133 Å². The zero-order valence-electron chi connectivity index (χ0n) is 14.1. The van der Waals surface area contributed by atoms with E-state index in [2.05, 4.69) is 20.8 Å². The molecule has 0 bridgehead atoms. The van der Waals surface area contributed by atoms with Crippen molar-refractivity contribution in [2.24, 2.45) is 0 Å². The number of hydrogen-bond donors (Lipinski definition) is 1. The summed E-state index contributed by atoms with van der Waals surface area (Å²) in [5.41, 5.74) is 1.51. The van der Waals surface area contributed by atoms with E-state index in [-0.39, 0.29) is 31.0 Å². The zero-order chi connectivity index (χ0) is 16.8. The number of benzene rings is 1. The average Bonchev–Trinajstić information content (AvgIpc) is 2.47. The predicted molar refractivity (Wildman–Crippen MR) is 87.1 cm³/mol. The summed E-state index contributed by atoms with van der Waals surface area (Å²) in [6.45, 7) is 10.3. The molecular formula is C16H27O5P. The molecule has 0 heterocycles. The summed E-state index contributed by atoms with van der Waals surface area (Å²) in [6, 6.07) is 5.26. The van der Waals surface area contributed by atoms with E-state index in [1.165, 1.54) is 0 Å². The zero-order valence-corrected chi connectivity index (χ0v) is 15.0. The van der Waals surface area contributed by atoms with Crippen molar-refractivity contribution in [1.29, 1.82) is 0 Å². The molecule has 0 aliphatic heterocycles. The van der Waals surface area contributed by atoms with Gasteiger partial charge >= 0.3 is 7.82 Å². The van der Waals surface area contributed by atoms with Crippen LogP contribution in [0.1, 0.15) is 52.2 Å². The Hall–Kier alpha value is -0.870. The Morgan fingerprint density at radius 2 is 1.68 bits per heavy atom. The van der Waals surface area contributed by atoms with Gasteiger partial charge < -0.3 is 5.11 Å². The number of rotatable bonds is 9. The minimum atomic E-state index is -3.52. The van der Waals surface area contributed by atoms with Crippen LogP contribution in [0.5, 0.6) is 5.75 Å². The molecule has 1 aromatic rings. The fraction of sp³-hybridized carbons (Fsp3) is 0.625. The van der Waals surface area contributed by atoms with Gasteiger partial charge in [-0.05, 0) is 48.9 Å². The molecule has 126 valence electrons. The highest BCUT2D eigenvalue weighted by Crippen LogP contribution is 2.50. The number of phenols is 1. The van der Waals surface area contributed by atoms with Crippen LogP contribution in [-0.2, 0) is 30.2 Å². The first-order valence-electron chi connectivity index (χ1n) is 7.64. The highest BCUT2D eigenvalue weighted by atomic mass is 31.2. The Balaban J connectivity index is 2.91. The van der Waals surface area contributed by atoms with Gasteiger partial charge in [0, 0.05) is 0 Å². The van der Waals surface area contributed by atoms with E-state index in [9.17, 15) is 9.67 Å². The predicted octanol–water partition coefficient (Wildman–Crippen LogP) is 4.78. The molecule has 0 amide bonds. The molecule has 0 aliphatic carbocycles. The van der Waals surface area contributed by atoms with Crippen LogP contribution in [0.3, 0.4) is 0 Å². The van der Waals surface area contributed by atoms with Gasteiger partial charge in [0.2, 0.25) is 0 Å². The summed E-state index contributed by atoms with van der Waals surface area (Å²) in [6.07, 6.45) is 0.890. The van der Waals surface area contributed by atoms with Crippen molar-refractivity contribution in [3.8, 4) is 5.75 Å². The topological polar surface area (TPSA) is 65.0 Å².